The molecular formula is C19H20FN3O3. The number of carbonyl (C=O) groups is 1. The predicted octanol–water partition coefficient (Wildman–Crippen LogP) is 2.19. The van der Waals surface area contributed by atoms with Gasteiger partial charge < -0.3 is 19.9 Å². The fourth-order valence-electron chi connectivity index (χ4n) is 3.99. The normalized spacial score (nSPS) is 18.3. The molecule has 136 valence electrons. The number of nitrogens with zero attached hydrogens (tertiary/aromatic N) is 2. The largest absolute Gasteiger partial charge is 0.477 e. The lowest BCUT2D eigenvalue weighted by atomic mass is 10.0. The summed E-state index contributed by atoms with van der Waals surface area (Å²) in [6.07, 6.45) is 4.84. The second kappa shape index (κ2) is 5.67. The molecule has 1 aromatic heterocycles. The average Bonchev–Trinajstić information content (AvgIpc) is 3.34. The van der Waals surface area contributed by atoms with Crippen molar-refractivity contribution in [1.82, 2.24) is 9.88 Å². The van der Waals surface area contributed by atoms with Gasteiger partial charge in [-0.05, 0) is 25.8 Å². The molecule has 0 atom stereocenters. The van der Waals surface area contributed by atoms with E-state index in [9.17, 15) is 14.7 Å². The molecule has 4 rings (SSSR count). The second-order valence-electron chi connectivity index (χ2n) is 7.12. The molecule has 2 fully saturated rings. The highest BCUT2D eigenvalue weighted by Crippen LogP contribution is 2.40. The molecule has 7 heteroatoms. The zero-order valence-corrected chi connectivity index (χ0v) is 14.5. The van der Waals surface area contributed by atoms with Crippen LogP contribution in [0.15, 0.2) is 23.6 Å². The van der Waals surface area contributed by atoms with Crippen LogP contribution in [0.2, 0.25) is 0 Å². The van der Waals surface area contributed by atoms with E-state index in [2.05, 4.69) is 11.9 Å². The van der Waals surface area contributed by atoms with Gasteiger partial charge in [-0.1, -0.05) is 6.58 Å². The summed E-state index contributed by atoms with van der Waals surface area (Å²) in [5.41, 5.74) is 0.586. The molecule has 1 aromatic carbocycles. The summed E-state index contributed by atoms with van der Waals surface area (Å²) in [7, 11) is 0. The highest BCUT2D eigenvalue weighted by molar-refractivity contribution is 5.96. The maximum Gasteiger partial charge on any atom is 0.341 e. The number of hydrogen-bond acceptors (Lipinski definition) is 4. The number of nitrogens with one attached hydrogen (secondary N) is 1. The van der Waals surface area contributed by atoms with Crippen molar-refractivity contribution in [2.75, 3.05) is 24.5 Å². The number of anilines is 1. The second-order valence-corrected chi connectivity index (χ2v) is 7.12. The standard InChI is InChI=1S/C19H20FN3O3/c1-3-22-9-13(18(25)26)17(24)12-8-14(20)16(11(2)15(12)22)23-7-6-21-19(10-23)4-5-19/h3,8-9,21H,1,4-7,10H2,2H3,(H,25,26). The van der Waals surface area contributed by atoms with Gasteiger partial charge in [-0.3, -0.25) is 4.79 Å². The van der Waals surface area contributed by atoms with Crippen molar-refractivity contribution in [1.29, 1.82) is 0 Å². The minimum absolute atomic E-state index is 0.0554. The number of hydrogen-bond donors (Lipinski definition) is 2. The molecule has 0 radical (unpaired) electrons. The first-order valence-corrected chi connectivity index (χ1v) is 8.61. The van der Waals surface area contributed by atoms with Crippen molar-refractivity contribution in [2.24, 2.45) is 0 Å². The van der Waals surface area contributed by atoms with Crippen molar-refractivity contribution in [3.8, 4) is 0 Å². The molecule has 2 aliphatic rings. The van der Waals surface area contributed by atoms with Crippen LogP contribution in [0.5, 0.6) is 0 Å². The number of fused-ring (bicyclic) bond motifs is 1. The molecule has 2 N–H and O–H groups in total. The maximum absolute atomic E-state index is 15.0. The van der Waals surface area contributed by atoms with Gasteiger partial charge in [0, 0.05) is 43.1 Å². The Hall–Kier alpha value is -2.67. The van der Waals surface area contributed by atoms with Crippen LogP contribution in [0.1, 0.15) is 28.8 Å². The third kappa shape index (κ3) is 2.42. The van der Waals surface area contributed by atoms with E-state index in [1.54, 1.807) is 6.92 Å². The molecule has 26 heavy (non-hydrogen) atoms. The number of carboxylic acid groups (broad SMARTS) is 1. The third-order valence-electron chi connectivity index (χ3n) is 5.45. The Morgan fingerprint density at radius 2 is 2.19 bits per heavy atom. The molecule has 1 saturated heterocycles. The molecule has 1 aliphatic heterocycles. The zero-order chi connectivity index (χ0) is 18.6. The molecule has 0 bridgehead atoms. The summed E-state index contributed by atoms with van der Waals surface area (Å²) >= 11 is 0. The lowest BCUT2D eigenvalue weighted by molar-refractivity contribution is 0.0695. The summed E-state index contributed by atoms with van der Waals surface area (Å²) in [5, 5.41) is 12.8. The molecule has 1 saturated carbocycles. The lowest BCUT2D eigenvalue weighted by Crippen LogP contribution is -2.53. The fourth-order valence-corrected chi connectivity index (χ4v) is 3.99. The van der Waals surface area contributed by atoms with E-state index < -0.39 is 22.8 Å². The Balaban J connectivity index is 1.96. The van der Waals surface area contributed by atoms with Crippen LogP contribution in [0.3, 0.4) is 0 Å². The van der Waals surface area contributed by atoms with E-state index in [-0.39, 0.29) is 10.9 Å². The van der Waals surface area contributed by atoms with Crippen molar-refractivity contribution in [3.05, 3.63) is 46.0 Å². The first kappa shape index (κ1) is 16.8. The zero-order valence-electron chi connectivity index (χ0n) is 14.5. The van der Waals surface area contributed by atoms with Crippen LogP contribution >= 0.6 is 0 Å². The van der Waals surface area contributed by atoms with Crippen LogP contribution in [0.4, 0.5) is 10.1 Å². The topological polar surface area (TPSA) is 74.6 Å². The molecule has 0 unspecified atom stereocenters. The van der Waals surface area contributed by atoms with Crippen LogP contribution in [-0.4, -0.2) is 40.8 Å². The summed E-state index contributed by atoms with van der Waals surface area (Å²) in [5.74, 6) is -1.84. The van der Waals surface area contributed by atoms with Crippen molar-refractivity contribution >= 4 is 28.8 Å². The predicted molar refractivity (Wildman–Crippen MR) is 98.4 cm³/mol. The number of aryl methyl sites for hydroxylation is 1. The van der Waals surface area contributed by atoms with E-state index in [0.29, 0.717) is 23.3 Å². The van der Waals surface area contributed by atoms with Crippen LogP contribution in [0.25, 0.3) is 17.1 Å². The van der Waals surface area contributed by atoms with Crippen LogP contribution < -0.4 is 15.6 Å². The van der Waals surface area contributed by atoms with E-state index in [0.717, 1.165) is 32.0 Å². The summed E-state index contributed by atoms with van der Waals surface area (Å²) < 4.78 is 16.5. The van der Waals surface area contributed by atoms with E-state index in [1.807, 2.05) is 4.90 Å². The molecular weight excluding hydrogens is 337 g/mol. The van der Waals surface area contributed by atoms with Gasteiger partial charge in [0.2, 0.25) is 5.43 Å². The molecule has 0 amide bonds. The Bertz CT molecular complexity index is 1010. The first-order valence-electron chi connectivity index (χ1n) is 8.61. The Kier molecular flexibility index (Phi) is 3.66. The van der Waals surface area contributed by atoms with Gasteiger partial charge in [-0.15, -0.1) is 0 Å². The minimum atomic E-state index is -1.34. The molecule has 1 aliphatic carbocycles. The van der Waals surface area contributed by atoms with E-state index in [1.165, 1.54) is 17.0 Å². The number of piperazine rings is 1. The van der Waals surface area contributed by atoms with Gasteiger partial charge in [0.25, 0.3) is 0 Å². The van der Waals surface area contributed by atoms with Gasteiger partial charge in [0.15, 0.2) is 0 Å². The quantitative estimate of drug-likeness (QED) is 0.881. The lowest BCUT2D eigenvalue weighted by Gasteiger charge is -2.37. The average molecular weight is 357 g/mol. The molecule has 6 nitrogen and oxygen atoms in total. The molecule has 2 heterocycles. The fraction of sp³-hybridized carbons (Fsp3) is 0.368. The van der Waals surface area contributed by atoms with Crippen molar-refractivity contribution in [3.63, 3.8) is 0 Å². The van der Waals surface area contributed by atoms with Gasteiger partial charge in [-0.25, -0.2) is 9.18 Å². The van der Waals surface area contributed by atoms with Gasteiger partial charge in [0.05, 0.1) is 16.6 Å². The van der Waals surface area contributed by atoms with Gasteiger partial charge in [-0.2, -0.15) is 0 Å². The van der Waals surface area contributed by atoms with Crippen molar-refractivity contribution in [2.45, 2.75) is 25.3 Å². The highest BCUT2D eigenvalue weighted by Gasteiger charge is 2.46. The Morgan fingerprint density at radius 3 is 2.81 bits per heavy atom. The molecule has 2 aromatic rings. The van der Waals surface area contributed by atoms with Crippen molar-refractivity contribution < 1.29 is 14.3 Å². The van der Waals surface area contributed by atoms with Gasteiger partial charge >= 0.3 is 5.97 Å². The number of rotatable bonds is 3. The Labute approximate surface area is 149 Å². The number of pyridine rings is 1. The maximum atomic E-state index is 15.0. The van der Waals surface area contributed by atoms with E-state index >= 15 is 4.39 Å². The number of aromatic nitrogens is 1. The Morgan fingerprint density at radius 1 is 1.46 bits per heavy atom. The van der Waals surface area contributed by atoms with Crippen LogP contribution in [0, 0.1) is 12.7 Å². The summed E-state index contributed by atoms with van der Waals surface area (Å²) in [4.78, 5) is 25.9. The van der Waals surface area contributed by atoms with Crippen LogP contribution in [-0.2, 0) is 0 Å². The highest BCUT2D eigenvalue weighted by atomic mass is 19.1. The number of halogens is 1. The summed E-state index contributed by atoms with van der Waals surface area (Å²) in [6, 6.07) is 1.16. The number of aromatic carboxylic acids is 1. The van der Waals surface area contributed by atoms with E-state index in [4.69, 9.17) is 0 Å². The molecule has 1 spiro atoms. The van der Waals surface area contributed by atoms with Gasteiger partial charge in [0.1, 0.15) is 11.4 Å². The monoisotopic (exact) mass is 357 g/mol. The first-order chi connectivity index (χ1) is 12.4. The number of carboxylic acids is 1. The summed E-state index contributed by atoms with van der Waals surface area (Å²) in [6.45, 7) is 7.65. The third-order valence-corrected chi connectivity index (χ3v) is 5.45. The SMILES string of the molecule is C=Cn1cc(C(=O)O)c(=O)c2cc(F)c(N3CCNC4(CC4)C3)c(C)c21. The minimum Gasteiger partial charge on any atom is -0.477 e. The number of benzene rings is 1. The smallest absolute Gasteiger partial charge is 0.341 e.